The van der Waals surface area contributed by atoms with Gasteiger partial charge in [0.05, 0.1) is 12.2 Å². The molecule has 0 aromatic heterocycles. The minimum Gasteiger partial charge on any atom is -0.414 e. The second-order valence-electron chi connectivity index (χ2n) is 14.0. The van der Waals surface area contributed by atoms with Crippen molar-refractivity contribution in [2.45, 2.75) is 116 Å². The Morgan fingerprint density at radius 2 is 1.26 bits per heavy atom. The van der Waals surface area contributed by atoms with Crippen molar-refractivity contribution < 1.29 is 13.4 Å². The molecule has 1 saturated carbocycles. The topological polar surface area (TPSA) is 35.5 Å². The molecule has 0 heterocycles. The summed E-state index contributed by atoms with van der Waals surface area (Å²) in [4.78, 5) is 0. The fraction of sp³-hybridized carbons (Fsp3) is 0.562. The zero-order valence-corrected chi connectivity index (χ0v) is 28.3. The van der Waals surface area contributed by atoms with Gasteiger partial charge in [-0.2, -0.15) is 0 Å². The number of hydrogen-bond donors (Lipinski definition) is 0. The van der Waals surface area contributed by atoms with Crippen molar-refractivity contribution in [1.82, 2.24) is 0 Å². The van der Waals surface area contributed by atoms with Gasteiger partial charge in [-0.25, -0.2) is 0 Å². The molecule has 0 radical (unpaired) electrons. The quantitative estimate of drug-likeness (QED) is 0.181. The molecule has 1 aliphatic rings. The third kappa shape index (κ3) is 7.85. The smallest absolute Gasteiger partial charge is 0.414 e. The maximum atomic E-state index is 13.4. The molecule has 0 amide bonds. The van der Waals surface area contributed by atoms with Gasteiger partial charge in [-0.3, -0.25) is 0 Å². The molecule has 0 aliphatic heterocycles. The molecule has 2 aromatic carbocycles. The van der Waals surface area contributed by atoms with Crippen LogP contribution < -0.4 is 10.6 Å². The van der Waals surface area contributed by atoms with Crippen molar-refractivity contribution in [3.63, 3.8) is 0 Å². The molecule has 38 heavy (non-hydrogen) atoms. The molecule has 0 N–H and O–H groups in total. The highest BCUT2D eigenvalue weighted by Gasteiger charge is 2.43. The third-order valence-corrected chi connectivity index (χ3v) is 19.6. The molecule has 2 aromatic rings. The van der Waals surface area contributed by atoms with Gasteiger partial charge in [0.2, 0.25) is 0 Å². The maximum Gasteiger partial charge on any atom is 0.415 e. The Hall–Kier alpha value is -1.37. The molecule has 208 valence electrons. The van der Waals surface area contributed by atoms with Crippen molar-refractivity contribution in [3.05, 3.63) is 71.8 Å². The summed E-state index contributed by atoms with van der Waals surface area (Å²) >= 11 is 0. The van der Waals surface area contributed by atoms with Crippen LogP contribution in [0.2, 0.25) is 36.3 Å². The van der Waals surface area contributed by atoms with Crippen LogP contribution in [-0.2, 0) is 19.8 Å². The Balaban J connectivity index is 1.87. The molecule has 0 saturated heterocycles. The number of rotatable bonds is 8. The van der Waals surface area contributed by atoms with Gasteiger partial charge in [-0.15, -0.1) is 0 Å². The number of benzene rings is 2. The van der Waals surface area contributed by atoms with Crippen LogP contribution in [0.15, 0.2) is 66.2 Å². The summed E-state index contributed by atoms with van der Waals surface area (Å²) in [6.07, 6.45) is 6.39. The van der Waals surface area contributed by atoms with Gasteiger partial charge in [0.1, 0.15) is 0 Å². The second kappa shape index (κ2) is 12.0. The zero-order chi connectivity index (χ0) is 28.4. The lowest BCUT2D eigenvalue weighted by atomic mass is 9.89. The third-order valence-electron chi connectivity index (χ3n) is 8.85. The Morgan fingerprint density at radius 1 is 0.789 bits per heavy atom. The van der Waals surface area contributed by atoms with E-state index in [9.17, 15) is 4.57 Å². The second-order valence-corrected chi connectivity index (χ2v) is 25.1. The van der Waals surface area contributed by atoms with E-state index in [-0.39, 0.29) is 22.3 Å². The van der Waals surface area contributed by atoms with Crippen LogP contribution in [0.25, 0.3) is 0 Å². The van der Waals surface area contributed by atoms with E-state index in [0.29, 0.717) is 0 Å². The largest absolute Gasteiger partial charge is 0.415 e. The van der Waals surface area contributed by atoms with E-state index < -0.39 is 24.4 Å². The summed E-state index contributed by atoms with van der Waals surface area (Å²) in [5.74, 6) is 0. The molecule has 6 heteroatoms. The SMILES string of the molecule is CC(C)(C)[Si](C)(C)O[C@H]1CC(=CCc2ccccc2[P+](=O)c2ccccc2)C[C@H](O[Si](C)(C)C(C)(C)C)C1. The Kier molecular flexibility index (Phi) is 9.86. The summed E-state index contributed by atoms with van der Waals surface area (Å²) in [5, 5.41) is 2.16. The molecule has 3 rings (SSSR count). The summed E-state index contributed by atoms with van der Waals surface area (Å²) in [7, 11) is -5.43. The van der Waals surface area contributed by atoms with Crippen molar-refractivity contribution >= 4 is 35.0 Å². The first-order valence-electron chi connectivity index (χ1n) is 14.1. The number of allylic oxidation sites excluding steroid dienone is 1. The average molecular weight is 570 g/mol. The first-order chi connectivity index (χ1) is 17.5. The fourth-order valence-corrected chi connectivity index (χ4v) is 8.60. The van der Waals surface area contributed by atoms with E-state index in [1.807, 2.05) is 42.5 Å². The Bertz CT molecular complexity index is 1090. The predicted molar refractivity (Wildman–Crippen MR) is 170 cm³/mol. The zero-order valence-electron chi connectivity index (χ0n) is 25.4. The minimum absolute atomic E-state index is 0.172. The van der Waals surface area contributed by atoms with Crippen LogP contribution in [0, 0.1) is 0 Å². The van der Waals surface area contributed by atoms with Crippen LogP contribution in [0.4, 0.5) is 0 Å². The monoisotopic (exact) mass is 569 g/mol. The molecule has 0 spiro atoms. The van der Waals surface area contributed by atoms with E-state index in [1.54, 1.807) is 0 Å². The van der Waals surface area contributed by atoms with Crippen molar-refractivity contribution in [2.75, 3.05) is 0 Å². The molecular weight excluding hydrogens is 519 g/mol. The number of hydrogen-bond acceptors (Lipinski definition) is 3. The normalized spacial score (nSPS) is 19.8. The van der Waals surface area contributed by atoms with Crippen LogP contribution in [0.3, 0.4) is 0 Å². The summed E-state index contributed by atoms with van der Waals surface area (Å²) < 4.78 is 27.3. The molecule has 1 aliphatic carbocycles. The molecular formula is C32H50O3PSi2+. The standard InChI is InChI=1S/C32H50O3PSi2/c1-31(2,3)37(7,8)34-27-22-25(23-28(24-27)35-38(9,10)32(4,5)6)20-21-26-16-14-15-19-30(26)36(33)29-17-12-11-13-18-29/h11-20,27-28H,21-24H2,1-10H3/q+1/t27-,28-/m0/s1. The van der Waals surface area contributed by atoms with Crippen molar-refractivity contribution in [3.8, 4) is 0 Å². The van der Waals surface area contributed by atoms with Gasteiger partial charge >= 0.3 is 7.80 Å². The summed E-state index contributed by atoms with van der Waals surface area (Å²) in [6, 6.07) is 18.0. The van der Waals surface area contributed by atoms with Gasteiger partial charge in [0.25, 0.3) is 0 Å². The van der Waals surface area contributed by atoms with E-state index in [1.165, 1.54) is 5.57 Å². The van der Waals surface area contributed by atoms with Gasteiger partial charge in [0.15, 0.2) is 27.2 Å². The van der Waals surface area contributed by atoms with Crippen LogP contribution in [-0.4, -0.2) is 28.8 Å². The predicted octanol–water partition coefficient (Wildman–Crippen LogP) is 8.90. The first-order valence-corrected chi connectivity index (χ1v) is 21.2. The Morgan fingerprint density at radius 3 is 1.76 bits per heavy atom. The Labute approximate surface area is 235 Å². The highest BCUT2D eigenvalue weighted by atomic mass is 31.1. The summed E-state index contributed by atoms with van der Waals surface area (Å²) in [6.45, 7) is 23.3. The summed E-state index contributed by atoms with van der Waals surface area (Å²) in [5.41, 5.74) is 2.55. The van der Waals surface area contributed by atoms with Gasteiger partial charge < -0.3 is 8.85 Å². The van der Waals surface area contributed by atoms with Crippen molar-refractivity contribution in [2.24, 2.45) is 0 Å². The van der Waals surface area contributed by atoms with Crippen LogP contribution in [0.5, 0.6) is 0 Å². The van der Waals surface area contributed by atoms with Gasteiger partial charge in [-0.1, -0.05) is 94.2 Å². The molecule has 3 atom stereocenters. The fourth-order valence-electron chi connectivity index (χ4n) is 4.50. The highest BCUT2D eigenvalue weighted by molar-refractivity contribution is 7.61. The molecule has 3 nitrogen and oxygen atoms in total. The minimum atomic E-state index is -1.91. The highest BCUT2D eigenvalue weighted by Crippen LogP contribution is 2.43. The van der Waals surface area contributed by atoms with E-state index in [0.717, 1.165) is 41.9 Å². The van der Waals surface area contributed by atoms with E-state index in [2.05, 4.69) is 85.9 Å². The lowest BCUT2D eigenvalue weighted by Crippen LogP contribution is -2.48. The molecule has 0 bridgehead atoms. The molecule has 1 fully saturated rings. The maximum absolute atomic E-state index is 13.4. The van der Waals surface area contributed by atoms with Crippen LogP contribution in [0.1, 0.15) is 66.4 Å². The van der Waals surface area contributed by atoms with E-state index >= 15 is 0 Å². The lowest BCUT2D eigenvalue weighted by Gasteiger charge is -2.45. The lowest BCUT2D eigenvalue weighted by molar-refractivity contribution is 0.0724. The average Bonchev–Trinajstić information content (AvgIpc) is 2.81. The molecule has 1 unspecified atom stereocenters. The van der Waals surface area contributed by atoms with E-state index in [4.69, 9.17) is 8.85 Å². The van der Waals surface area contributed by atoms with Gasteiger partial charge in [0, 0.05) is 5.56 Å². The van der Waals surface area contributed by atoms with Crippen molar-refractivity contribution in [1.29, 1.82) is 0 Å². The van der Waals surface area contributed by atoms with Gasteiger partial charge in [-0.05, 0) is 80.1 Å². The van der Waals surface area contributed by atoms with Crippen LogP contribution >= 0.6 is 7.80 Å². The first kappa shape index (κ1) is 31.2.